The summed E-state index contributed by atoms with van der Waals surface area (Å²) in [5, 5.41) is 14.0. The zero-order valence-electron chi connectivity index (χ0n) is 12.2. The van der Waals surface area contributed by atoms with Gasteiger partial charge in [-0.25, -0.2) is 4.98 Å². The van der Waals surface area contributed by atoms with Gasteiger partial charge >= 0.3 is 0 Å². The molecule has 0 bridgehead atoms. The molecule has 0 amide bonds. The molecule has 2 heterocycles. The summed E-state index contributed by atoms with van der Waals surface area (Å²) in [7, 11) is 0. The number of hydrogen-bond donors (Lipinski definition) is 3. The lowest BCUT2D eigenvalue weighted by atomic mass is 10.1. The first kappa shape index (κ1) is 13.6. The molecule has 3 N–H and O–H groups in total. The van der Waals surface area contributed by atoms with E-state index in [9.17, 15) is 5.11 Å². The summed E-state index contributed by atoms with van der Waals surface area (Å²) in [5.74, 6) is 0.812. The number of rotatable bonds is 4. The van der Waals surface area contributed by atoms with Gasteiger partial charge in [0.15, 0.2) is 5.82 Å². The van der Waals surface area contributed by atoms with Gasteiger partial charge in [0.25, 0.3) is 0 Å². The average molecular weight is 281 g/mol. The van der Waals surface area contributed by atoms with E-state index >= 15 is 0 Å². The SMILES string of the molecule is Cc1[nH]c2c(N[C@H](C)c3ccccc3)nccc2c1CO. The van der Waals surface area contributed by atoms with E-state index in [1.165, 1.54) is 5.56 Å². The van der Waals surface area contributed by atoms with Crippen molar-refractivity contribution in [1.82, 2.24) is 9.97 Å². The maximum atomic E-state index is 9.50. The second kappa shape index (κ2) is 5.58. The number of nitrogens with one attached hydrogen (secondary N) is 2. The van der Waals surface area contributed by atoms with Gasteiger partial charge in [-0.15, -0.1) is 0 Å². The Hall–Kier alpha value is -2.33. The van der Waals surface area contributed by atoms with Crippen LogP contribution in [0, 0.1) is 6.92 Å². The van der Waals surface area contributed by atoms with Crippen molar-refractivity contribution in [1.29, 1.82) is 0 Å². The first-order chi connectivity index (χ1) is 10.2. The number of nitrogens with zero attached hydrogens (tertiary/aromatic N) is 1. The van der Waals surface area contributed by atoms with Crippen LogP contribution in [0.25, 0.3) is 10.9 Å². The number of H-pyrrole nitrogens is 1. The van der Waals surface area contributed by atoms with Crippen LogP contribution < -0.4 is 5.32 Å². The topological polar surface area (TPSA) is 60.9 Å². The van der Waals surface area contributed by atoms with Crippen molar-refractivity contribution in [3.63, 3.8) is 0 Å². The third-order valence-electron chi connectivity index (χ3n) is 3.85. The summed E-state index contributed by atoms with van der Waals surface area (Å²) in [4.78, 5) is 7.76. The fourth-order valence-electron chi connectivity index (χ4n) is 2.65. The zero-order valence-corrected chi connectivity index (χ0v) is 12.2. The molecule has 3 aromatic rings. The van der Waals surface area contributed by atoms with Gasteiger partial charge in [-0.1, -0.05) is 30.3 Å². The summed E-state index contributed by atoms with van der Waals surface area (Å²) in [6, 6.07) is 12.4. The molecular formula is C17H19N3O. The first-order valence-electron chi connectivity index (χ1n) is 7.09. The molecule has 108 valence electrons. The summed E-state index contributed by atoms with van der Waals surface area (Å²) >= 11 is 0. The first-order valence-corrected chi connectivity index (χ1v) is 7.09. The van der Waals surface area contributed by atoms with E-state index in [1.54, 1.807) is 6.20 Å². The van der Waals surface area contributed by atoms with E-state index < -0.39 is 0 Å². The number of aliphatic hydroxyl groups excluding tert-OH is 1. The van der Waals surface area contributed by atoms with Crippen LogP contribution in [-0.4, -0.2) is 15.1 Å². The third kappa shape index (κ3) is 2.50. The lowest BCUT2D eigenvalue weighted by Gasteiger charge is -2.15. The molecule has 21 heavy (non-hydrogen) atoms. The number of benzene rings is 1. The second-order valence-corrected chi connectivity index (χ2v) is 5.25. The summed E-state index contributed by atoms with van der Waals surface area (Å²) in [5.41, 5.74) is 4.07. The van der Waals surface area contributed by atoms with Gasteiger partial charge in [0, 0.05) is 22.8 Å². The molecule has 4 nitrogen and oxygen atoms in total. The summed E-state index contributed by atoms with van der Waals surface area (Å²) in [6.07, 6.45) is 1.77. The minimum Gasteiger partial charge on any atom is -0.392 e. The number of pyridine rings is 1. The maximum Gasteiger partial charge on any atom is 0.150 e. The minimum atomic E-state index is 0.0313. The molecule has 0 saturated carbocycles. The molecule has 0 saturated heterocycles. The van der Waals surface area contributed by atoms with Gasteiger partial charge in [-0.05, 0) is 25.5 Å². The van der Waals surface area contributed by atoms with E-state index in [1.807, 2.05) is 31.2 Å². The second-order valence-electron chi connectivity index (χ2n) is 5.25. The van der Waals surface area contributed by atoms with Crippen LogP contribution in [0.15, 0.2) is 42.6 Å². The van der Waals surface area contributed by atoms with Crippen molar-refractivity contribution in [2.24, 2.45) is 0 Å². The van der Waals surface area contributed by atoms with Crippen LogP contribution in [0.4, 0.5) is 5.82 Å². The molecule has 0 aliphatic carbocycles. The molecule has 0 radical (unpaired) electrons. The highest BCUT2D eigenvalue weighted by molar-refractivity contribution is 5.92. The van der Waals surface area contributed by atoms with Gasteiger partial charge in [-0.3, -0.25) is 0 Å². The van der Waals surface area contributed by atoms with Crippen molar-refractivity contribution in [3.05, 3.63) is 59.4 Å². The Balaban J connectivity index is 1.98. The fraction of sp³-hybridized carbons (Fsp3) is 0.235. The van der Waals surface area contributed by atoms with Gasteiger partial charge in [-0.2, -0.15) is 0 Å². The Morgan fingerprint density at radius 3 is 2.71 bits per heavy atom. The Morgan fingerprint density at radius 2 is 2.00 bits per heavy atom. The maximum absolute atomic E-state index is 9.50. The molecule has 0 unspecified atom stereocenters. The smallest absolute Gasteiger partial charge is 0.150 e. The molecule has 1 aromatic carbocycles. The van der Waals surface area contributed by atoms with Crippen LogP contribution >= 0.6 is 0 Å². The number of aliphatic hydroxyl groups is 1. The summed E-state index contributed by atoms with van der Waals surface area (Å²) < 4.78 is 0. The highest BCUT2D eigenvalue weighted by Crippen LogP contribution is 2.28. The van der Waals surface area contributed by atoms with Gasteiger partial charge in [0.2, 0.25) is 0 Å². The van der Waals surface area contributed by atoms with Crippen molar-refractivity contribution < 1.29 is 5.11 Å². The van der Waals surface area contributed by atoms with Crippen LogP contribution in [-0.2, 0) is 6.61 Å². The van der Waals surface area contributed by atoms with Crippen LogP contribution in [0.2, 0.25) is 0 Å². The number of aromatic nitrogens is 2. The van der Waals surface area contributed by atoms with Gasteiger partial charge in [0.05, 0.1) is 18.2 Å². The molecule has 0 aliphatic rings. The Morgan fingerprint density at radius 1 is 1.24 bits per heavy atom. The highest BCUT2D eigenvalue weighted by Gasteiger charge is 2.13. The van der Waals surface area contributed by atoms with E-state index in [0.29, 0.717) is 0 Å². The molecule has 2 aromatic heterocycles. The molecule has 1 atom stereocenters. The van der Waals surface area contributed by atoms with E-state index in [4.69, 9.17) is 0 Å². The molecule has 0 fully saturated rings. The molecule has 0 spiro atoms. The number of fused-ring (bicyclic) bond motifs is 1. The van der Waals surface area contributed by atoms with Crippen molar-refractivity contribution >= 4 is 16.7 Å². The van der Waals surface area contributed by atoms with Crippen LogP contribution in [0.5, 0.6) is 0 Å². The highest BCUT2D eigenvalue weighted by atomic mass is 16.3. The lowest BCUT2D eigenvalue weighted by molar-refractivity contribution is 0.282. The number of aryl methyl sites for hydroxylation is 1. The molecule has 0 aliphatic heterocycles. The Kier molecular flexibility index (Phi) is 3.62. The van der Waals surface area contributed by atoms with Crippen LogP contribution in [0.3, 0.4) is 0 Å². The molecular weight excluding hydrogens is 262 g/mol. The summed E-state index contributed by atoms with van der Waals surface area (Å²) in [6.45, 7) is 4.11. The Labute approximate surface area is 123 Å². The van der Waals surface area contributed by atoms with E-state index in [0.717, 1.165) is 28.0 Å². The fourth-order valence-corrected chi connectivity index (χ4v) is 2.65. The van der Waals surface area contributed by atoms with Gasteiger partial charge < -0.3 is 15.4 Å². The van der Waals surface area contributed by atoms with Crippen molar-refractivity contribution in [2.45, 2.75) is 26.5 Å². The minimum absolute atomic E-state index is 0.0313. The van der Waals surface area contributed by atoms with E-state index in [-0.39, 0.29) is 12.6 Å². The van der Waals surface area contributed by atoms with Crippen molar-refractivity contribution in [2.75, 3.05) is 5.32 Å². The number of hydrogen-bond acceptors (Lipinski definition) is 3. The van der Waals surface area contributed by atoms with Crippen LogP contribution in [0.1, 0.15) is 29.8 Å². The zero-order chi connectivity index (χ0) is 14.8. The molecule has 3 rings (SSSR count). The lowest BCUT2D eigenvalue weighted by Crippen LogP contribution is -2.08. The molecule has 4 heteroatoms. The quantitative estimate of drug-likeness (QED) is 0.685. The third-order valence-corrected chi connectivity index (χ3v) is 3.85. The number of aromatic amines is 1. The van der Waals surface area contributed by atoms with Gasteiger partial charge in [0.1, 0.15) is 0 Å². The standard InChI is InChI=1S/C17H19N3O/c1-11(13-6-4-3-5-7-13)20-17-16-14(8-9-18-17)15(10-21)12(2)19-16/h3-9,11,19,21H,10H2,1-2H3,(H,18,20)/t11-/m1/s1. The predicted octanol–water partition coefficient (Wildman–Crippen LogP) is 3.54. The average Bonchev–Trinajstić information content (AvgIpc) is 2.84. The monoisotopic (exact) mass is 281 g/mol. The largest absolute Gasteiger partial charge is 0.392 e. The number of anilines is 1. The predicted molar refractivity (Wildman–Crippen MR) is 85.2 cm³/mol. The van der Waals surface area contributed by atoms with E-state index in [2.05, 4.69) is 34.3 Å². The normalized spacial score (nSPS) is 12.5. The Bertz CT molecular complexity index is 749. The van der Waals surface area contributed by atoms with Crippen molar-refractivity contribution in [3.8, 4) is 0 Å².